The van der Waals surface area contributed by atoms with Crippen LogP contribution in [-0.2, 0) is 4.79 Å². The number of benzene rings is 3. The van der Waals surface area contributed by atoms with Gasteiger partial charge in [-0.25, -0.2) is 4.79 Å². The van der Waals surface area contributed by atoms with Gasteiger partial charge in [-0.2, -0.15) is 0 Å². The van der Waals surface area contributed by atoms with Gasteiger partial charge in [-0.15, -0.1) is 0 Å². The molecule has 0 saturated heterocycles. The molecule has 5 heteroatoms. The highest BCUT2D eigenvalue weighted by Gasteiger charge is 2.32. The smallest absolute Gasteiger partial charge is 0.327 e. The van der Waals surface area contributed by atoms with Gasteiger partial charge in [0.2, 0.25) is 0 Å². The molecule has 0 spiro atoms. The summed E-state index contributed by atoms with van der Waals surface area (Å²) >= 11 is 6.09. The first-order valence-corrected chi connectivity index (χ1v) is 8.84. The Balaban J connectivity index is 2.00. The molecular weight excluding hydrogens is 362 g/mol. The van der Waals surface area contributed by atoms with Gasteiger partial charge in [-0.1, -0.05) is 84.4 Å². The van der Waals surface area contributed by atoms with Crippen molar-refractivity contribution in [1.82, 2.24) is 5.32 Å². The molecule has 4 nitrogen and oxygen atoms in total. The molecule has 3 aromatic rings. The van der Waals surface area contributed by atoms with Gasteiger partial charge in [-0.05, 0) is 23.3 Å². The Kier molecular flexibility index (Phi) is 5.89. The Hall–Kier alpha value is -3.11. The molecule has 1 amide bonds. The van der Waals surface area contributed by atoms with E-state index in [1.165, 1.54) is 0 Å². The Morgan fingerprint density at radius 3 is 1.74 bits per heavy atom. The van der Waals surface area contributed by atoms with Crippen LogP contribution in [-0.4, -0.2) is 23.0 Å². The second kappa shape index (κ2) is 8.52. The SMILES string of the molecule is O=C(N[C@H](C(=O)O)C(c1ccccc1)c1ccccc1)c1ccccc1Cl. The van der Waals surface area contributed by atoms with Crippen LogP contribution < -0.4 is 5.32 Å². The normalized spacial score (nSPS) is 11.8. The molecule has 0 fully saturated rings. The predicted octanol–water partition coefficient (Wildman–Crippen LogP) is 4.36. The molecule has 3 rings (SSSR count). The van der Waals surface area contributed by atoms with Gasteiger partial charge in [-0.3, -0.25) is 4.79 Å². The van der Waals surface area contributed by atoms with E-state index in [9.17, 15) is 14.7 Å². The lowest BCUT2D eigenvalue weighted by atomic mass is 9.85. The van der Waals surface area contributed by atoms with E-state index in [4.69, 9.17) is 11.6 Å². The molecule has 0 aliphatic carbocycles. The zero-order valence-electron chi connectivity index (χ0n) is 14.4. The van der Waals surface area contributed by atoms with Crippen LogP contribution in [0.3, 0.4) is 0 Å². The van der Waals surface area contributed by atoms with E-state index in [1.807, 2.05) is 60.7 Å². The minimum Gasteiger partial charge on any atom is -0.480 e. The molecule has 3 aromatic carbocycles. The fraction of sp³-hybridized carbons (Fsp3) is 0.0909. The van der Waals surface area contributed by atoms with Crippen LogP contribution in [0.1, 0.15) is 27.4 Å². The summed E-state index contributed by atoms with van der Waals surface area (Å²) in [5.41, 5.74) is 1.84. The van der Waals surface area contributed by atoms with Gasteiger partial charge in [0, 0.05) is 5.92 Å². The zero-order chi connectivity index (χ0) is 19.2. The van der Waals surface area contributed by atoms with Crippen molar-refractivity contribution in [3.8, 4) is 0 Å². The maximum atomic E-state index is 12.7. The molecule has 0 unspecified atom stereocenters. The van der Waals surface area contributed by atoms with Gasteiger partial charge in [0.1, 0.15) is 6.04 Å². The van der Waals surface area contributed by atoms with Gasteiger partial charge in [0.05, 0.1) is 10.6 Å². The minimum absolute atomic E-state index is 0.241. The molecule has 0 saturated carbocycles. The standard InChI is InChI=1S/C22H18ClNO3/c23-18-14-8-7-13-17(18)21(25)24-20(22(26)27)19(15-9-3-1-4-10-15)16-11-5-2-6-12-16/h1-14,19-20H,(H,24,25)(H,26,27)/t20-/m0/s1. The maximum Gasteiger partial charge on any atom is 0.327 e. The number of hydrogen-bond acceptors (Lipinski definition) is 2. The topological polar surface area (TPSA) is 66.4 Å². The zero-order valence-corrected chi connectivity index (χ0v) is 15.1. The fourth-order valence-electron chi connectivity index (χ4n) is 3.05. The van der Waals surface area contributed by atoms with Crippen LogP contribution in [0.4, 0.5) is 0 Å². The van der Waals surface area contributed by atoms with Gasteiger partial charge in [0.15, 0.2) is 0 Å². The molecular formula is C22H18ClNO3. The molecule has 0 radical (unpaired) electrons. The molecule has 0 aliphatic heterocycles. The Bertz CT molecular complexity index is 889. The monoisotopic (exact) mass is 379 g/mol. The number of carbonyl (C=O) groups excluding carboxylic acids is 1. The molecule has 0 heterocycles. The van der Waals surface area contributed by atoms with E-state index < -0.39 is 23.8 Å². The Morgan fingerprint density at radius 1 is 0.778 bits per heavy atom. The lowest BCUT2D eigenvalue weighted by molar-refractivity contribution is -0.139. The average Bonchev–Trinajstić information content (AvgIpc) is 2.69. The molecule has 27 heavy (non-hydrogen) atoms. The second-order valence-electron chi connectivity index (χ2n) is 6.07. The third-order valence-corrected chi connectivity index (χ3v) is 4.65. The van der Waals surface area contributed by atoms with Crippen LogP contribution in [0.5, 0.6) is 0 Å². The van der Waals surface area contributed by atoms with E-state index in [2.05, 4.69) is 5.32 Å². The highest BCUT2D eigenvalue weighted by atomic mass is 35.5. The van der Waals surface area contributed by atoms with E-state index in [0.717, 1.165) is 11.1 Å². The van der Waals surface area contributed by atoms with Crippen molar-refractivity contribution < 1.29 is 14.7 Å². The van der Waals surface area contributed by atoms with Crippen molar-refractivity contribution >= 4 is 23.5 Å². The molecule has 0 aliphatic rings. The summed E-state index contributed by atoms with van der Waals surface area (Å²) in [7, 11) is 0. The quantitative estimate of drug-likeness (QED) is 0.669. The lowest BCUT2D eigenvalue weighted by Crippen LogP contribution is -2.45. The van der Waals surface area contributed by atoms with Crippen LogP contribution in [0.15, 0.2) is 84.9 Å². The number of rotatable bonds is 6. The number of hydrogen-bond donors (Lipinski definition) is 2. The summed E-state index contributed by atoms with van der Waals surface area (Å²) in [5.74, 6) is -2.19. The number of carboxylic acid groups (broad SMARTS) is 1. The van der Waals surface area contributed by atoms with Crippen molar-refractivity contribution in [2.75, 3.05) is 0 Å². The minimum atomic E-state index is -1.15. The number of nitrogens with one attached hydrogen (secondary N) is 1. The van der Waals surface area contributed by atoms with Crippen molar-refractivity contribution in [3.63, 3.8) is 0 Å². The Labute approximate surface area is 162 Å². The molecule has 0 bridgehead atoms. The van der Waals surface area contributed by atoms with Crippen LogP contribution in [0.2, 0.25) is 5.02 Å². The third kappa shape index (κ3) is 4.36. The van der Waals surface area contributed by atoms with Crippen molar-refractivity contribution in [2.45, 2.75) is 12.0 Å². The van der Waals surface area contributed by atoms with Crippen LogP contribution in [0, 0.1) is 0 Å². The number of aliphatic carboxylic acids is 1. The summed E-state index contributed by atoms with van der Waals surface area (Å²) in [6.07, 6.45) is 0. The van der Waals surface area contributed by atoms with Crippen molar-refractivity contribution in [1.29, 1.82) is 0 Å². The van der Waals surface area contributed by atoms with Gasteiger partial charge >= 0.3 is 5.97 Å². The van der Waals surface area contributed by atoms with E-state index in [0.29, 0.717) is 0 Å². The fourth-order valence-corrected chi connectivity index (χ4v) is 3.27. The van der Waals surface area contributed by atoms with Crippen LogP contribution >= 0.6 is 11.6 Å². The lowest BCUT2D eigenvalue weighted by Gasteiger charge is -2.26. The molecule has 1 atom stereocenters. The second-order valence-corrected chi connectivity index (χ2v) is 6.48. The summed E-state index contributed by atoms with van der Waals surface area (Å²) < 4.78 is 0. The molecule has 2 N–H and O–H groups in total. The van der Waals surface area contributed by atoms with Crippen molar-refractivity contribution in [2.24, 2.45) is 0 Å². The van der Waals surface area contributed by atoms with Crippen LogP contribution in [0.25, 0.3) is 0 Å². The summed E-state index contributed by atoms with van der Waals surface area (Å²) in [6, 6.07) is 23.9. The Morgan fingerprint density at radius 2 is 1.26 bits per heavy atom. The van der Waals surface area contributed by atoms with Crippen molar-refractivity contribution in [3.05, 3.63) is 107 Å². The van der Waals surface area contributed by atoms with E-state index >= 15 is 0 Å². The number of carbonyl (C=O) groups is 2. The summed E-state index contributed by atoms with van der Waals surface area (Å²) in [5, 5.41) is 12.8. The highest BCUT2D eigenvalue weighted by molar-refractivity contribution is 6.33. The molecule has 0 aromatic heterocycles. The maximum absolute atomic E-state index is 12.7. The molecule has 136 valence electrons. The van der Waals surface area contributed by atoms with Gasteiger partial charge in [0.25, 0.3) is 5.91 Å². The third-order valence-electron chi connectivity index (χ3n) is 4.32. The largest absolute Gasteiger partial charge is 0.480 e. The first-order valence-electron chi connectivity index (χ1n) is 8.46. The highest BCUT2D eigenvalue weighted by Crippen LogP contribution is 2.29. The summed E-state index contributed by atoms with van der Waals surface area (Å²) in [4.78, 5) is 24.8. The van der Waals surface area contributed by atoms with E-state index in [1.54, 1.807) is 24.3 Å². The number of carboxylic acids is 1. The number of halogens is 1. The summed E-state index contributed by atoms with van der Waals surface area (Å²) in [6.45, 7) is 0. The number of amides is 1. The van der Waals surface area contributed by atoms with E-state index in [-0.39, 0.29) is 10.6 Å². The predicted molar refractivity (Wildman–Crippen MR) is 105 cm³/mol. The first kappa shape index (κ1) is 18.7. The van der Waals surface area contributed by atoms with Gasteiger partial charge < -0.3 is 10.4 Å². The average molecular weight is 380 g/mol. The first-order chi connectivity index (χ1) is 13.1.